The highest BCUT2D eigenvalue weighted by atomic mass is 35.5. The van der Waals surface area contributed by atoms with Crippen LogP contribution in [0.1, 0.15) is 56.9 Å². The van der Waals surface area contributed by atoms with Crippen LogP contribution in [0.2, 0.25) is 10.0 Å². The van der Waals surface area contributed by atoms with Gasteiger partial charge in [0.1, 0.15) is 0 Å². The Hall–Kier alpha value is -3.70. The van der Waals surface area contributed by atoms with Crippen LogP contribution in [0.25, 0.3) is 11.1 Å². The Kier molecular flexibility index (Phi) is 7.93. The fraction of sp³-hybridized carbons (Fsp3) is 0.394. The molecule has 12 heteroatoms. The van der Waals surface area contributed by atoms with Gasteiger partial charge in [-0.05, 0) is 37.9 Å². The van der Waals surface area contributed by atoms with Gasteiger partial charge in [-0.3, -0.25) is 14.5 Å². The van der Waals surface area contributed by atoms with Gasteiger partial charge in [0, 0.05) is 82.2 Å². The summed E-state index contributed by atoms with van der Waals surface area (Å²) in [5.74, 6) is 0.850. The van der Waals surface area contributed by atoms with E-state index in [0.717, 1.165) is 67.7 Å². The van der Waals surface area contributed by atoms with E-state index in [4.69, 9.17) is 28.2 Å². The van der Waals surface area contributed by atoms with E-state index in [2.05, 4.69) is 25.4 Å². The summed E-state index contributed by atoms with van der Waals surface area (Å²) in [7, 11) is 5.81. The summed E-state index contributed by atoms with van der Waals surface area (Å²) in [6.45, 7) is 4.49. The number of benzene rings is 2. The Balaban J connectivity index is 1.10. The Morgan fingerprint density at radius 2 is 1.29 bits per heavy atom. The van der Waals surface area contributed by atoms with Crippen LogP contribution >= 0.6 is 23.2 Å². The van der Waals surface area contributed by atoms with Crippen LogP contribution in [-0.2, 0) is 40.0 Å². The van der Waals surface area contributed by atoms with E-state index in [1.165, 1.54) is 12.8 Å². The summed E-state index contributed by atoms with van der Waals surface area (Å²) in [5, 5.41) is 6.58. The molecule has 4 aromatic rings. The molecule has 0 saturated heterocycles. The number of anilines is 2. The smallest absolute Gasteiger partial charge is 0.291 e. The fourth-order valence-electron chi connectivity index (χ4n) is 6.50. The highest BCUT2D eigenvalue weighted by Gasteiger charge is 2.30. The molecule has 10 nitrogen and oxygen atoms in total. The van der Waals surface area contributed by atoms with Gasteiger partial charge in [-0.25, -0.2) is 9.97 Å². The van der Waals surface area contributed by atoms with Crippen LogP contribution in [0, 0.1) is 5.92 Å². The van der Waals surface area contributed by atoms with E-state index in [0.29, 0.717) is 50.7 Å². The zero-order valence-corrected chi connectivity index (χ0v) is 27.2. The van der Waals surface area contributed by atoms with Crippen LogP contribution in [0.15, 0.2) is 36.4 Å². The number of likely N-dealkylation sites (N-methyl/N-ethyl adjacent to an activating group) is 1. The summed E-state index contributed by atoms with van der Waals surface area (Å²) in [5.41, 5.74) is 6.21. The largest absolute Gasteiger partial charge is 0.327 e. The van der Waals surface area contributed by atoms with Crippen molar-refractivity contribution in [1.29, 1.82) is 0 Å². The standard InChI is InChI=1S/C33H36Cl2N8O2/c1-40-14-12-26-24(17-40)36-30(41(26)2)32(44)38-22-8-4-6-20(28(22)34)21-7-5-9-23(29(21)35)39-33(45)31-37-25-18-43(16-19-10-11-19)15-13-27(25)42(31)3/h4-9,19H,10-18H2,1-3H3,(H,38,44)(H,39,45). The number of aromatic nitrogens is 4. The Labute approximate surface area is 272 Å². The molecule has 234 valence electrons. The molecule has 2 amide bonds. The molecule has 4 heterocycles. The lowest BCUT2D eigenvalue weighted by molar-refractivity contribution is 0.100. The molecule has 0 unspecified atom stereocenters. The number of halogens is 2. The molecule has 3 aliphatic rings. The van der Waals surface area contributed by atoms with Gasteiger partial charge in [0.05, 0.1) is 32.8 Å². The molecule has 2 aliphatic heterocycles. The molecule has 7 rings (SSSR count). The van der Waals surface area contributed by atoms with Crippen molar-refractivity contribution in [3.63, 3.8) is 0 Å². The minimum atomic E-state index is -0.339. The van der Waals surface area contributed by atoms with Crippen molar-refractivity contribution in [3.8, 4) is 11.1 Å². The highest BCUT2D eigenvalue weighted by molar-refractivity contribution is 6.40. The van der Waals surface area contributed by atoms with E-state index in [9.17, 15) is 9.59 Å². The molecule has 1 fully saturated rings. The van der Waals surface area contributed by atoms with Crippen LogP contribution in [-0.4, -0.2) is 67.4 Å². The average Bonchev–Trinajstić information content (AvgIpc) is 3.69. The van der Waals surface area contributed by atoms with Crippen molar-refractivity contribution in [3.05, 3.63) is 80.9 Å². The summed E-state index contributed by atoms with van der Waals surface area (Å²) in [6, 6.07) is 10.8. The first-order valence-electron chi connectivity index (χ1n) is 15.4. The van der Waals surface area contributed by atoms with Crippen molar-refractivity contribution < 1.29 is 9.59 Å². The van der Waals surface area contributed by atoms with Gasteiger partial charge >= 0.3 is 0 Å². The fourth-order valence-corrected chi connectivity index (χ4v) is 7.05. The maximum absolute atomic E-state index is 13.5. The molecule has 0 radical (unpaired) electrons. The number of hydrogen-bond donors (Lipinski definition) is 2. The molecule has 2 aromatic carbocycles. The second kappa shape index (κ2) is 11.9. The number of carbonyl (C=O) groups is 2. The quantitative estimate of drug-likeness (QED) is 0.279. The van der Waals surface area contributed by atoms with E-state index in [-0.39, 0.29) is 11.8 Å². The molecule has 0 bridgehead atoms. The predicted molar refractivity (Wildman–Crippen MR) is 176 cm³/mol. The maximum atomic E-state index is 13.5. The van der Waals surface area contributed by atoms with Gasteiger partial charge in [-0.2, -0.15) is 0 Å². The normalized spacial score (nSPS) is 16.7. The zero-order valence-electron chi connectivity index (χ0n) is 25.7. The zero-order chi connectivity index (χ0) is 31.4. The van der Waals surface area contributed by atoms with Crippen molar-refractivity contribution >= 4 is 46.4 Å². The number of nitrogens with zero attached hydrogens (tertiary/aromatic N) is 6. The third-order valence-electron chi connectivity index (χ3n) is 9.18. The van der Waals surface area contributed by atoms with E-state index < -0.39 is 0 Å². The molecular formula is C33H36Cl2N8O2. The molecular weight excluding hydrogens is 611 g/mol. The van der Waals surface area contributed by atoms with Crippen molar-refractivity contribution in [2.24, 2.45) is 20.0 Å². The Morgan fingerprint density at radius 3 is 1.82 bits per heavy atom. The van der Waals surface area contributed by atoms with Crippen LogP contribution in [0.4, 0.5) is 11.4 Å². The third-order valence-corrected chi connectivity index (χ3v) is 10.00. The predicted octanol–water partition coefficient (Wildman–Crippen LogP) is 5.39. The molecule has 0 spiro atoms. The van der Waals surface area contributed by atoms with Gasteiger partial charge in [0.25, 0.3) is 11.8 Å². The minimum Gasteiger partial charge on any atom is -0.327 e. The SMILES string of the molecule is CN1CCc2c(nc(C(=O)Nc3cccc(-c4cccc(NC(=O)c5nc6c(n5C)CCN(CC5CC5)C6)c4Cl)c3Cl)n2C)C1. The lowest BCUT2D eigenvalue weighted by atomic mass is 10.0. The topological polar surface area (TPSA) is 100 Å². The number of hydrogen-bond acceptors (Lipinski definition) is 6. The van der Waals surface area contributed by atoms with Gasteiger partial charge in [-0.1, -0.05) is 47.5 Å². The molecule has 1 aliphatic carbocycles. The average molecular weight is 648 g/mol. The Morgan fingerprint density at radius 1 is 0.778 bits per heavy atom. The monoisotopic (exact) mass is 646 g/mol. The molecule has 45 heavy (non-hydrogen) atoms. The number of imidazole rings is 2. The Bertz CT molecular complexity index is 1830. The van der Waals surface area contributed by atoms with Gasteiger partial charge in [0.2, 0.25) is 0 Å². The van der Waals surface area contributed by atoms with Gasteiger partial charge in [0.15, 0.2) is 11.6 Å². The van der Waals surface area contributed by atoms with Crippen LogP contribution in [0.5, 0.6) is 0 Å². The van der Waals surface area contributed by atoms with Gasteiger partial charge in [-0.15, -0.1) is 0 Å². The van der Waals surface area contributed by atoms with Crippen LogP contribution < -0.4 is 10.6 Å². The lowest BCUT2D eigenvalue weighted by Crippen LogP contribution is -2.32. The first kappa shape index (κ1) is 30.0. The summed E-state index contributed by atoms with van der Waals surface area (Å²) >= 11 is 13.8. The molecule has 0 atom stereocenters. The van der Waals surface area contributed by atoms with Crippen molar-refractivity contribution in [1.82, 2.24) is 28.9 Å². The highest BCUT2D eigenvalue weighted by Crippen LogP contribution is 2.40. The van der Waals surface area contributed by atoms with Crippen molar-refractivity contribution in [2.75, 3.05) is 37.3 Å². The molecule has 1 saturated carbocycles. The number of carbonyl (C=O) groups excluding carboxylic acids is 2. The first-order chi connectivity index (χ1) is 21.7. The molecule has 2 N–H and O–H groups in total. The molecule has 2 aromatic heterocycles. The van der Waals surface area contributed by atoms with E-state index in [1.54, 1.807) is 12.1 Å². The number of nitrogens with one attached hydrogen (secondary N) is 2. The first-order valence-corrected chi connectivity index (χ1v) is 16.1. The van der Waals surface area contributed by atoms with Gasteiger partial charge < -0.3 is 24.7 Å². The van der Waals surface area contributed by atoms with Crippen LogP contribution in [0.3, 0.4) is 0 Å². The minimum absolute atomic E-state index is 0.323. The third kappa shape index (κ3) is 5.76. The number of fused-ring (bicyclic) bond motifs is 2. The van der Waals surface area contributed by atoms with E-state index >= 15 is 0 Å². The number of rotatable bonds is 7. The summed E-state index contributed by atoms with van der Waals surface area (Å²) in [6.07, 6.45) is 4.34. The second-order valence-electron chi connectivity index (χ2n) is 12.4. The summed E-state index contributed by atoms with van der Waals surface area (Å²) in [4.78, 5) is 40.8. The maximum Gasteiger partial charge on any atom is 0.291 e. The lowest BCUT2D eigenvalue weighted by Gasteiger charge is -2.26. The summed E-state index contributed by atoms with van der Waals surface area (Å²) < 4.78 is 3.76. The van der Waals surface area contributed by atoms with E-state index in [1.807, 2.05) is 54.5 Å². The van der Waals surface area contributed by atoms with Crippen molar-refractivity contribution in [2.45, 2.75) is 38.8 Å². The number of amides is 2. The second-order valence-corrected chi connectivity index (χ2v) is 13.2.